The number of carbonyl (C=O) groups excluding carboxylic acids is 1. The number of hydrogen-bond acceptors (Lipinski definition) is 3. The number of carbonyl (C=O) groups is 1. The van der Waals surface area contributed by atoms with Crippen LogP contribution in [0.2, 0.25) is 0 Å². The summed E-state index contributed by atoms with van der Waals surface area (Å²) in [5, 5.41) is 0. The van der Waals surface area contributed by atoms with E-state index in [2.05, 4.69) is 15.9 Å². The predicted octanol–water partition coefficient (Wildman–Crippen LogP) is 6.24. The lowest BCUT2D eigenvalue weighted by Gasteiger charge is -2.23. The summed E-state index contributed by atoms with van der Waals surface area (Å²) in [6, 6.07) is 27.1. The van der Waals surface area contributed by atoms with Crippen LogP contribution in [0.4, 0.5) is 0 Å². The summed E-state index contributed by atoms with van der Waals surface area (Å²) in [6.07, 6.45) is 0.444. The van der Waals surface area contributed by atoms with Gasteiger partial charge in [0.25, 0.3) is 0 Å². The first kappa shape index (κ1) is 22.0. The van der Waals surface area contributed by atoms with E-state index in [-0.39, 0.29) is 5.97 Å². The molecule has 0 amide bonds. The number of ether oxygens (including phenoxy) is 1. The molecular formula is C26H26BrNO2. The van der Waals surface area contributed by atoms with Gasteiger partial charge in [-0.25, -0.2) is 4.79 Å². The van der Waals surface area contributed by atoms with E-state index in [0.717, 1.165) is 26.9 Å². The van der Waals surface area contributed by atoms with Crippen molar-refractivity contribution in [1.82, 2.24) is 0 Å². The highest BCUT2D eigenvalue weighted by Gasteiger charge is 2.26. The summed E-state index contributed by atoms with van der Waals surface area (Å²) in [5.74, 6) is -0.331. The van der Waals surface area contributed by atoms with Gasteiger partial charge in [-0.05, 0) is 32.4 Å². The Bertz CT molecular complexity index is 966. The molecule has 0 bridgehead atoms. The molecule has 4 heteroatoms. The minimum absolute atomic E-state index is 0.331. The van der Waals surface area contributed by atoms with Gasteiger partial charge in [-0.3, -0.25) is 4.99 Å². The molecule has 0 aliphatic carbocycles. The molecule has 3 rings (SSSR count). The summed E-state index contributed by atoms with van der Waals surface area (Å²) in [5.41, 5.74) is 3.13. The zero-order chi connectivity index (χ0) is 21.6. The summed E-state index contributed by atoms with van der Waals surface area (Å²) < 4.78 is 6.68. The molecule has 3 aromatic carbocycles. The van der Waals surface area contributed by atoms with Gasteiger partial charge in [0.1, 0.15) is 5.60 Å². The summed E-state index contributed by atoms with van der Waals surface area (Å²) in [7, 11) is 0. The monoisotopic (exact) mass is 463 g/mol. The number of nitrogens with zero attached hydrogens (tertiary/aromatic N) is 1. The number of benzene rings is 3. The van der Waals surface area contributed by atoms with E-state index in [9.17, 15) is 4.79 Å². The van der Waals surface area contributed by atoms with E-state index < -0.39 is 11.6 Å². The average molecular weight is 464 g/mol. The van der Waals surface area contributed by atoms with E-state index in [1.54, 1.807) is 0 Å². The Labute approximate surface area is 187 Å². The summed E-state index contributed by atoms with van der Waals surface area (Å²) in [4.78, 5) is 18.1. The third kappa shape index (κ3) is 6.14. The van der Waals surface area contributed by atoms with Crippen molar-refractivity contribution in [3.63, 3.8) is 0 Å². The van der Waals surface area contributed by atoms with Crippen molar-refractivity contribution in [3.05, 3.63) is 106 Å². The molecule has 0 spiro atoms. The third-order valence-electron chi connectivity index (χ3n) is 4.43. The van der Waals surface area contributed by atoms with Crippen LogP contribution in [-0.4, -0.2) is 23.3 Å². The predicted molar refractivity (Wildman–Crippen MR) is 126 cm³/mol. The van der Waals surface area contributed by atoms with Gasteiger partial charge in [-0.15, -0.1) is 0 Å². The molecule has 30 heavy (non-hydrogen) atoms. The number of aliphatic imine (C=N–C) groups is 1. The number of rotatable bonds is 6. The third-order valence-corrected chi connectivity index (χ3v) is 5.20. The molecule has 0 N–H and O–H groups in total. The lowest BCUT2D eigenvalue weighted by atomic mass is 10.0. The highest BCUT2D eigenvalue weighted by atomic mass is 79.9. The van der Waals surface area contributed by atoms with E-state index in [4.69, 9.17) is 9.73 Å². The van der Waals surface area contributed by atoms with Crippen molar-refractivity contribution < 1.29 is 9.53 Å². The Balaban J connectivity index is 2.08. The summed E-state index contributed by atoms with van der Waals surface area (Å²) in [6.45, 7) is 5.62. The fourth-order valence-corrected chi connectivity index (χ4v) is 3.53. The lowest BCUT2D eigenvalue weighted by Crippen LogP contribution is -2.33. The molecular weight excluding hydrogens is 438 g/mol. The maximum Gasteiger partial charge on any atom is 0.331 e. The van der Waals surface area contributed by atoms with Crippen LogP contribution in [0, 0.1) is 0 Å². The van der Waals surface area contributed by atoms with Crippen LogP contribution in [0.1, 0.15) is 37.5 Å². The molecule has 0 saturated carbocycles. The molecule has 3 aromatic rings. The molecule has 3 nitrogen and oxygen atoms in total. The van der Waals surface area contributed by atoms with E-state index >= 15 is 0 Å². The Morgan fingerprint density at radius 1 is 0.867 bits per heavy atom. The largest absolute Gasteiger partial charge is 0.458 e. The van der Waals surface area contributed by atoms with Crippen molar-refractivity contribution in [1.29, 1.82) is 0 Å². The highest BCUT2D eigenvalue weighted by Crippen LogP contribution is 2.22. The van der Waals surface area contributed by atoms with Crippen LogP contribution in [0.5, 0.6) is 0 Å². The first-order chi connectivity index (χ1) is 14.3. The molecule has 0 aromatic heterocycles. The first-order valence-electron chi connectivity index (χ1n) is 9.98. The van der Waals surface area contributed by atoms with Crippen molar-refractivity contribution in [2.45, 2.75) is 38.8 Å². The van der Waals surface area contributed by atoms with Crippen molar-refractivity contribution in [2.24, 2.45) is 4.99 Å². The Morgan fingerprint density at radius 2 is 1.37 bits per heavy atom. The van der Waals surface area contributed by atoms with Gasteiger partial charge in [-0.1, -0.05) is 94.8 Å². The van der Waals surface area contributed by atoms with Crippen molar-refractivity contribution >= 4 is 27.6 Å². The lowest BCUT2D eigenvalue weighted by molar-refractivity contribution is -0.156. The molecule has 0 heterocycles. The second kappa shape index (κ2) is 9.86. The number of esters is 1. The van der Waals surface area contributed by atoms with Gasteiger partial charge in [0, 0.05) is 22.0 Å². The fraction of sp³-hybridized carbons (Fsp3) is 0.231. The van der Waals surface area contributed by atoms with Crippen LogP contribution >= 0.6 is 15.9 Å². The van der Waals surface area contributed by atoms with Crippen molar-refractivity contribution in [3.8, 4) is 0 Å². The average Bonchev–Trinajstić information content (AvgIpc) is 2.72. The highest BCUT2D eigenvalue weighted by molar-refractivity contribution is 9.10. The van der Waals surface area contributed by atoms with E-state index in [0.29, 0.717) is 6.42 Å². The van der Waals surface area contributed by atoms with Gasteiger partial charge >= 0.3 is 5.97 Å². The SMILES string of the molecule is CC(C)(C)OC(=O)C(Cc1ccccc1Br)N=C(c1ccccc1)c1ccccc1. The van der Waals surface area contributed by atoms with E-state index in [1.807, 2.05) is 106 Å². The molecule has 154 valence electrons. The van der Waals surface area contributed by atoms with Gasteiger partial charge in [0.05, 0.1) is 5.71 Å². The quantitative estimate of drug-likeness (QED) is 0.320. The molecule has 1 unspecified atom stereocenters. The minimum Gasteiger partial charge on any atom is -0.458 e. The Morgan fingerprint density at radius 3 is 1.87 bits per heavy atom. The summed E-state index contributed by atoms with van der Waals surface area (Å²) >= 11 is 3.59. The normalized spacial score (nSPS) is 12.1. The van der Waals surface area contributed by atoms with Crippen LogP contribution in [-0.2, 0) is 16.0 Å². The molecule has 1 atom stereocenters. The zero-order valence-corrected chi connectivity index (χ0v) is 19.1. The Hall–Kier alpha value is -2.72. The maximum absolute atomic E-state index is 13.1. The molecule has 0 saturated heterocycles. The van der Waals surface area contributed by atoms with Gasteiger partial charge < -0.3 is 4.74 Å². The van der Waals surface area contributed by atoms with Crippen LogP contribution in [0.3, 0.4) is 0 Å². The Kier molecular flexibility index (Phi) is 7.22. The van der Waals surface area contributed by atoms with Gasteiger partial charge in [0.15, 0.2) is 6.04 Å². The number of halogens is 1. The maximum atomic E-state index is 13.1. The van der Waals surface area contributed by atoms with Crippen molar-refractivity contribution in [2.75, 3.05) is 0 Å². The van der Waals surface area contributed by atoms with Gasteiger partial charge in [0.2, 0.25) is 0 Å². The minimum atomic E-state index is -0.668. The fourth-order valence-electron chi connectivity index (χ4n) is 3.09. The molecule has 0 aliphatic heterocycles. The number of hydrogen-bond donors (Lipinski definition) is 0. The molecule has 0 aliphatic rings. The van der Waals surface area contributed by atoms with Crippen LogP contribution in [0.15, 0.2) is 94.4 Å². The van der Waals surface area contributed by atoms with Crippen LogP contribution in [0.25, 0.3) is 0 Å². The first-order valence-corrected chi connectivity index (χ1v) is 10.8. The second-order valence-electron chi connectivity index (χ2n) is 8.05. The zero-order valence-electron chi connectivity index (χ0n) is 17.5. The second-order valence-corrected chi connectivity index (χ2v) is 8.91. The smallest absolute Gasteiger partial charge is 0.331 e. The van der Waals surface area contributed by atoms with Gasteiger partial charge in [-0.2, -0.15) is 0 Å². The standard InChI is InChI=1S/C26H26BrNO2/c1-26(2,3)30-25(29)23(18-21-16-10-11-17-22(21)27)28-24(19-12-6-4-7-13-19)20-14-8-5-9-15-20/h4-17,23H,18H2,1-3H3. The topological polar surface area (TPSA) is 38.7 Å². The molecule has 0 radical (unpaired) electrons. The van der Waals surface area contributed by atoms with Crippen LogP contribution < -0.4 is 0 Å². The van der Waals surface area contributed by atoms with E-state index in [1.165, 1.54) is 0 Å². The molecule has 0 fully saturated rings.